The predicted molar refractivity (Wildman–Crippen MR) is 139 cm³/mol. The van der Waals surface area contributed by atoms with Crippen LogP contribution in [0.1, 0.15) is 49.4 Å². The average molecular weight is 489 g/mol. The van der Waals surface area contributed by atoms with Crippen LogP contribution in [0, 0.1) is 0 Å². The van der Waals surface area contributed by atoms with Gasteiger partial charge in [-0.25, -0.2) is 4.79 Å². The number of aromatic nitrogens is 2. The van der Waals surface area contributed by atoms with E-state index in [1.54, 1.807) is 24.5 Å². The molecule has 9 heteroatoms. The molecule has 0 radical (unpaired) electrons. The third-order valence-corrected chi connectivity index (χ3v) is 6.27. The highest BCUT2D eigenvalue weighted by molar-refractivity contribution is 5.91. The lowest BCUT2D eigenvalue weighted by Crippen LogP contribution is -2.39. The number of nitrogens with zero attached hydrogens (tertiary/aromatic N) is 2. The molecule has 1 aliphatic heterocycles. The largest absolute Gasteiger partial charge is 0.453 e. The van der Waals surface area contributed by atoms with Gasteiger partial charge in [0.2, 0.25) is 5.91 Å². The molecule has 5 N–H and O–H groups in total. The van der Waals surface area contributed by atoms with E-state index in [4.69, 9.17) is 10.5 Å². The predicted octanol–water partition coefficient (Wildman–Crippen LogP) is 4.38. The first-order valence-corrected chi connectivity index (χ1v) is 12.2. The number of hydrogen-bond acceptors (Lipinski definition) is 7. The summed E-state index contributed by atoms with van der Waals surface area (Å²) in [5.74, 6) is -0.114. The zero-order valence-electron chi connectivity index (χ0n) is 20.4. The van der Waals surface area contributed by atoms with Crippen LogP contribution < -0.4 is 21.7 Å². The number of amides is 2. The van der Waals surface area contributed by atoms with Gasteiger partial charge in [-0.05, 0) is 48.7 Å². The Balaban J connectivity index is 1.67. The van der Waals surface area contributed by atoms with Gasteiger partial charge in [-0.3, -0.25) is 20.1 Å². The van der Waals surface area contributed by atoms with Crippen molar-refractivity contribution in [2.45, 2.75) is 50.7 Å². The van der Waals surface area contributed by atoms with Crippen LogP contribution in [-0.4, -0.2) is 35.1 Å². The van der Waals surface area contributed by atoms with E-state index in [2.05, 4.69) is 25.9 Å². The number of fused-ring (bicyclic) bond motifs is 4. The molecule has 2 atom stereocenters. The van der Waals surface area contributed by atoms with E-state index in [9.17, 15) is 9.59 Å². The molecule has 0 unspecified atom stereocenters. The standard InChI is InChI=1S/C27H32N6O3/c1-36-27(35)32-20-10-11-22-18-13-19(16-29-15-18)23(28)8-3-2-4-9-24(33-25(22)14-20)26(34)31-17-21-7-5-6-12-30-21/h5-7,10-16,23-24,33H,2-4,8-9,17,28H2,1H3,(H,31,34)(H,32,35)/t23-,24+/m0/s1. The molecule has 0 aliphatic carbocycles. The van der Waals surface area contributed by atoms with E-state index in [1.807, 2.05) is 36.5 Å². The Bertz CT molecular complexity index is 1190. The Hall–Kier alpha value is -3.98. The lowest BCUT2D eigenvalue weighted by atomic mass is 9.98. The van der Waals surface area contributed by atoms with Crippen molar-refractivity contribution in [1.29, 1.82) is 0 Å². The second-order valence-electron chi connectivity index (χ2n) is 8.86. The molecule has 2 amide bonds. The van der Waals surface area contributed by atoms with Gasteiger partial charge in [-0.2, -0.15) is 0 Å². The molecular weight excluding hydrogens is 456 g/mol. The monoisotopic (exact) mass is 488 g/mol. The van der Waals surface area contributed by atoms with E-state index >= 15 is 0 Å². The molecule has 188 valence electrons. The highest BCUT2D eigenvalue weighted by Crippen LogP contribution is 2.33. The topological polar surface area (TPSA) is 131 Å². The number of benzene rings is 1. The van der Waals surface area contributed by atoms with E-state index in [1.165, 1.54) is 7.11 Å². The Labute approximate surface area is 210 Å². The quantitative estimate of drug-likeness (QED) is 0.428. The fourth-order valence-electron chi connectivity index (χ4n) is 4.29. The second-order valence-corrected chi connectivity index (χ2v) is 8.86. The van der Waals surface area contributed by atoms with E-state index in [0.717, 1.165) is 48.1 Å². The molecule has 0 spiro atoms. The van der Waals surface area contributed by atoms with Gasteiger partial charge in [0.1, 0.15) is 6.04 Å². The maximum absolute atomic E-state index is 13.3. The molecule has 2 bridgehead atoms. The maximum Gasteiger partial charge on any atom is 0.411 e. The minimum atomic E-state index is -0.570. The van der Waals surface area contributed by atoms with E-state index < -0.39 is 12.1 Å². The Morgan fingerprint density at radius 3 is 2.78 bits per heavy atom. The van der Waals surface area contributed by atoms with Crippen molar-refractivity contribution >= 4 is 23.4 Å². The molecule has 36 heavy (non-hydrogen) atoms. The summed E-state index contributed by atoms with van der Waals surface area (Å²) in [6.45, 7) is 0.343. The average Bonchev–Trinajstić information content (AvgIpc) is 2.91. The molecule has 0 fully saturated rings. The van der Waals surface area contributed by atoms with Crippen LogP contribution in [-0.2, 0) is 16.1 Å². The van der Waals surface area contributed by atoms with Gasteiger partial charge in [0.15, 0.2) is 0 Å². The van der Waals surface area contributed by atoms with Gasteiger partial charge in [-0.15, -0.1) is 0 Å². The van der Waals surface area contributed by atoms with E-state index in [-0.39, 0.29) is 11.9 Å². The van der Waals surface area contributed by atoms with Crippen molar-refractivity contribution < 1.29 is 14.3 Å². The third-order valence-electron chi connectivity index (χ3n) is 6.27. The van der Waals surface area contributed by atoms with Crippen molar-refractivity contribution in [3.63, 3.8) is 0 Å². The molecule has 4 rings (SSSR count). The lowest BCUT2D eigenvalue weighted by molar-refractivity contribution is -0.122. The molecule has 1 aromatic carbocycles. The molecule has 0 saturated carbocycles. The minimum absolute atomic E-state index is 0.104. The van der Waals surface area contributed by atoms with Crippen LogP contribution >= 0.6 is 0 Å². The summed E-state index contributed by atoms with van der Waals surface area (Å²) < 4.78 is 4.74. The van der Waals surface area contributed by atoms with Crippen LogP contribution in [0.3, 0.4) is 0 Å². The number of ether oxygens (including phenoxy) is 1. The molecule has 2 aromatic heterocycles. The first kappa shape index (κ1) is 25.1. The molecule has 1 aliphatic rings. The minimum Gasteiger partial charge on any atom is -0.453 e. The van der Waals surface area contributed by atoms with Gasteiger partial charge in [0, 0.05) is 47.1 Å². The maximum atomic E-state index is 13.3. The number of nitrogens with two attached hydrogens (primary N) is 1. The van der Waals surface area contributed by atoms with Gasteiger partial charge in [0.05, 0.1) is 19.3 Å². The number of carbonyl (C=O) groups excluding carboxylic acids is 2. The molecule has 0 saturated heterocycles. The van der Waals surface area contributed by atoms with Crippen LogP contribution in [0.2, 0.25) is 0 Å². The van der Waals surface area contributed by atoms with Gasteiger partial charge < -0.3 is 21.1 Å². The molecule has 3 heterocycles. The highest BCUT2D eigenvalue weighted by Gasteiger charge is 2.21. The van der Waals surface area contributed by atoms with Crippen molar-refractivity contribution in [2.75, 3.05) is 17.7 Å². The summed E-state index contributed by atoms with van der Waals surface area (Å²) in [5, 5.41) is 9.14. The zero-order chi connectivity index (χ0) is 25.3. The zero-order valence-corrected chi connectivity index (χ0v) is 20.4. The van der Waals surface area contributed by atoms with Gasteiger partial charge in [0.25, 0.3) is 0 Å². The molecule has 9 nitrogen and oxygen atoms in total. The van der Waals surface area contributed by atoms with Crippen LogP contribution in [0.4, 0.5) is 16.2 Å². The number of rotatable bonds is 4. The molecular formula is C27H32N6O3. The second kappa shape index (κ2) is 12.1. The first-order valence-electron chi connectivity index (χ1n) is 12.2. The van der Waals surface area contributed by atoms with Crippen molar-refractivity contribution in [3.8, 4) is 11.1 Å². The Morgan fingerprint density at radius 1 is 1.11 bits per heavy atom. The number of hydrogen-bond donors (Lipinski definition) is 4. The van der Waals surface area contributed by atoms with Crippen LogP contribution in [0.5, 0.6) is 0 Å². The van der Waals surface area contributed by atoms with Gasteiger partial charge >= 0.3 is 6.09 Å². The van der Waals surface area contributed by atoms with Crippen molar-refractivity contribution in [1.82, 2.24) is 15.3 Å². The van der Waals surface area contributed by atoms with Crippen molar-refractivity contribution in [2.24, 2.45) is 5.73 Å². The summed E-state index contributed by atoms with van der Waals surface area (Å²) in [5.41, 5.74) is 11.2. The number of carbonyl (C=O) groups is 2. The van der Waals surface area contributed by atoms with Crippen LogP contribution in [0.15, 0.2) is 61.1 Å². The third kappa shape index (κ3) is 6.57. The summed E-state index contributed by atoms with van der Waals surface area (Å²) in [7, 11) is 1.31. The summed E-state index contributed by atoms with van der Waals surface area (Å²) in [6.07, 6.45) is 9.01. The fourth-order valence-corrected chi connectivity index (χ4v) is 4.29. The number of methoxy groups -OCH3 is 1. The SMILES string of the molecule is COC(=O)Nc1ccc2c(c1)N[C@@H](C(=O)NCc1ccccn1)CCCCC[C@H](N)c1cncc-2c1. The number of pyridine rings is 2. The normalized spacial score (nSPS) is 17.7. The van der Waals surface area contributed by atoms with E-state index in [0.29, 0.717) is 24.3 Å². The molecule has 3 aromatic rings. The highest BCUT2D eigenvalue weighted by atomic mass is 16.5. The Kier molecular flexibility index (Phi) is 8.46. The summed E-state index contributed by atoms with van der Waals surface area (Å²) in [6, 6.07) is 12.6. The number of anilines is 2. The number of nitrogens with one attached hydrogen (secondary N) is 3. The fraction of sp³-hybridized carbons (Fsp3) is 0.333. The summed E-state index contributed by atoms with van der Waals surface area (Å²) in [4.78, 5) is 33.8. The first-order chi connectivity index (χ1) is 17.5. The smallest absolute Gasteiger partial charge is 0.411 e. The van der Waals surface area contributed by atoms with Crippen molar-refractivity contribution in [3.05, 3.63) is 72.3 Å². The van der Waals surface area contributed by atoms with Gasteiger partial charge in [-0.1, -0.05) is 31.4 Å². The lowest BCUT2D eigenvalue weighted by Gasteiger charge is -2.22. The Morgan fingerprint density at radius 2 is 1.97 bits per heavy atom. The summed E-state index contributed by atoms with van der Waals surface area (Å²) >= 11 is 0. The van der Waals surface area contributed by atoms with Crippen LogP contribution in [0.25, 0.3) is 11.1 Å².